The molecule has 1 aliphatic rings. The van der Waals surface area contributed by atoms with Gasteiger partial charge in [-0.05, 0) is 56.7 Å². The summed E-state index contributed by atoms with van der Waals surface area (Å²) < 4.78 is 19.3. The second-order valence-corrected chi connectivity index (χ2v) is 9.25. The van der Waals surface area contributed by atoms with E-state index in [0.29, 0.717) is 65.3 Å². The van der Waals surface area contributed by atoms with Crippen molar-refractivity contribution in [1.29, 1.82) is 0 Å². The highest BCUT2D eigenvalue weighted by Gasteiger charge is 2.26. The molecule has 1 saturated heterocycles. The third-order valence-electron chi connectivity index (χ3n) is 6.39. The molecule has 1 aromatic carbocycles. The number of halogens is 2. The average Bonchev–Trinajstić information content (AvgIpc) is 3.21. The van der Waals surface area contributed by atoms with Gasteiger partial charge in [-0.3, -0.25) is 14.8 Å². The Hall–Kier alpha value is -3.78. The number of piperazine rings is 1. The van der Waals surface area contributed by atoms with E-state index < -0.39 is 0 Å². The van der Waals surface area contributed by atoms with Crippen LogP contribution in [0, 0.1) is 26.6 Å². The summed E-state index contributed by atoms with van der Waals surface area (Å²) in [5, 5.41) is 0.450. The Labute approximate surface area is 213 Å². The molecule has 0 saturated carbocycles. The molecule has 0 radical (unpaired) electrons. The van der Waals surface area contributed by atoms with Gasteiger partial charge in [0.15, 0.2) is 0 Å². The van der Waals surface area contributed by atoms with Crippen LogP contribution in [-0.4, -0.2) is 51.9 Å². The van der Waals surface area contributed by atoms with Gasteiger partial charge in [0, 0.05) is 49.7 Å². The molecule has 0 bridgehead atoms. The normalized spacial score (nSPS) is 13.8. The van der Waals surface area contributed by atoms with Crippen molar-refractivity contribution in [2.75, 3.05) is 31.1 Å². The number of hydrogen-bond acceptors (Lipinski definition) is 6. The fourth-order valence-electron chi connectivity index (χ4n) is 4.53. The van der Waals surface area contributed by atoms with Crippen LogP contribution in [0.2, 0.25) is 5.02 Å². The predicted molar refractivity (Wildman–Crippen MR) is 137 cm³/mol. The molecule has 0 atom stereocenters. The fraction of sp³-hybridized carbons (Fsp3) is 0.259. The molecular weight excluding hydrogens is 481 g/mol. The number of furan rings is 1. The Kier molecular flexibility index (Phi) is 6.45. The second kappa shape index (κ2) is 9.70. The van der Waals surface area contributed by atoms with Crippen LogP contribution in [-0.2, 0) is 0 Å². The zero-order chi connectivity index (χ0) is 25.4. The highest BCUT2D eigenvalue weighted by molar-refractivity contribution is 6.33. The van der Waals surface area contributed by atoms with Crippen LogP contribution in [0.25, 0.3) is 22.5 Å². The van der Waals surface area contributed by atoms with Crippen LogP contribution in [0.1, 0.15) is 27.4 Å². The second-order valence-electron chi connectivity index (χ2n) is 8.85. The highest BCUT2D eigenvalue weighted by atomic mass is 35.5. The van der Waals surface area contributed by atoms with Crippen LogP contribution >= 0.6 is 11.6 Å². The van der Waals surface area contributed by atoms with E-state index in [1.54, 1.807) is 36.8 Å². The van der Waals surface area contributed by atoms with E-state index >= 15 is 0 Å². The molecule has 9 heteroatoms. The van der Waals surface area contributed by atoms with E-state index in [9.17, 15) is 9.18 Å². The molecule has 4 heterocycles. The van der Waals surface area contributed by atoms with Crippen LogP contribution in [0.4, 0.5) is 10.2 Å². The number of aryl methyl sites for hydroxylation is 3. The summed E-state index contributed by atoms with van der Waals surface area (Å²) in [7, 11) is 0. The van der Waals surface area contributed by atoms with Gasteiger partial charge in [-0.2, -0.15) is 0 Å². The van der Waals surface area contributed by atoms with Crippen molar-refractivity contribution in [3.8, 4) is 22.5 Å². The van der Waals surface area contributed by atoms with Gasteiger partial charge in [0.1, 0.15) is 28.8 Å². The van der Waals surface area contributed by atoms with Crippen molar-refractivity contribution < 1.29 is 13.6 Å². The Balaban J connectivity index is 1.45. The van der Waals surface area contributed by atoms with Crippen LogP contribution in [0.3, 0.4) is 0 Å². The van der Waals surface area contributed by atoms with E-state index in [1.807, 2.05) is 25.7 Å². The number of anilines is 1. The Morgan fingerprint density at radius 2 is 1.78 bits per heavy atom. The molecule has 0 aliphatic carbocycles. The molecule has 3 aromatic heterocycles. The first-order chi connectivity index (χ1) is 17.3. The van der Waals surface area contributed by atoms with E-state index in [0.717, 1.165) is 16.9 Å². The van der Waals surface area contributed by atoms with E-state index in [1.165, 1.54) is 12.1 Å². The van der Waals surface area contributed by atoms with Crippen LogP contribution < -0.4 is 4.90 Å². The number of carbonyl (C=O) groups is 1. The fourth-order valence-corrected chi connectivity index (χ4v) is 4.74. The van der Waals surface area contributed by atoms with Crippen molar-refractivity contribution in [3.63, 3.8) is 0 Å². The van der Waals surface area contributed by atoms with Crippen molar-refractivity contribution in [3.05, 3.63) is 82.4 Å². The number of hydrogen-bond donors (Lipinski definition) is 0. The number of aromatic nitrogens is 3. The first kappa shape index (κ1) is 23.9. The van der Waals surface area contributed by atoms with Gasteiger partial charge in [0.2, 0.25) is 0 Å². The topological polar surface area (TPSA) is 75.4 Å². The molecule has 0 spiro atoms. The molecule has 1 fully saturated rings. The van der Waals surface area contributed by atoms with Gasteiger partial charge in [-0.25, -0.2) is 9.37 Å². The minimum Gasteiger partial charge on any atom is -0.466 e. The molecule has 36 heavy (non-hydrogen) atoms. The number of benzene rings is 1. The predicted octanol–water partition coefficient (Wildman–Crippen LogP) is 5.48. The van der Waals surface area contributed by atoms with Crippen molar-refractivity contribution in [2.24, 2.45) is 0 Å². The minimum atomic E-state index is -0.308. The standard InChI is InChI=1S/C27H25ClFN5O2/c1-16-12-19(29)4-5-20(16)25-26(21-6-7-30-14-23(21)28)32-24(15-31-25)33-8-10-34(11-9-33)27(35)22-13-17(2)36-18(22)3/h4-7,12-15H,8-11H2,1-3H3. The van der Waals surface area contributed by atoms with Gasteiger partial charge in [-0.15, -0.1) is 0 Å². The lowest BCUT2D eigenvalue weighted by molar-refractivity contribution is 0.0744. The minimum absolute atomic E-state index is 0.0264. The molecular formula is C27H25ClFN5O2. The lowest BCUT2D eigenvalue weighted by Gasteiger charge is -2.35. The largest absolute Gasteiger partial charge is 0.466 e. The van der Waals surface area contributed by atoms with E-state index in [4.69, 9.17) is 26.0 Å². The number of rotatable bonds is 4. The third-order valence-corrected chi connectivity index (χ3v) is 6.69. The summed E-state index contributed by atoms with van der Waals surface area (Å²) >= 11 is 6.49. The number of nitrogens with zero attached hydrogens (tertiary/aromatic N) is 5. The number of carbonyl (C=O) groups excluding carboxylic acids is 1. The number of amides is 1. The van der Waals surface area contributed by atoms with Gasteiger partial charge in [0.25, 0.3) is 5.91 Å². The monoisotopic (exact) mass is 505 g/mol. The summed E-state index contributed by atoms with van der Waals surface area (Å²) in [5.41, 5.74) is 4.04. The van der Waals surface area contributed by atoms with Crippen LogP contribution in [0.15, 0.2) is 53.3 Å². The molecule has 5 rings (SSSR count). The first-order valence-corrected chi connectivity index (χ1v) is 12.0. The maximum Gasteiger partial charge on any atom is 0.257 e. The Bertz CT molecular complexity index is 1450. The van der Waals surface area contributed by atoms with Crippen molar-refractivity contribution in [1.82, 2.24) is 19.9 Å². The van der Waals surface area contributed by atoms with Gasteiger partial charge < -0.3 is 14.2 Å². The summed E-state index contributed by atoms with van der Waals surface area (Å²) in [6.45, 7) is 7.80. The maximum atomic E-state index is 13.8. The highest BCUT2D eigenvalue weighted by Crippen LogP contribution is 2.35. The zero-order valence-corrected chi connectivity index (χ0v) is 21.0. The van der Waals surface area contributed by atoms with Gasteiger partial charge in [0.05, 0.1) is 22.5 Å². The van der Waals surface area contributed by atoms with Crippen molar-refractivity contribution in [2.45, 2.75) is 20.8 Å². The summed E-state index contributed by atoms with van der Waals surface area (Å²) in [6, 6.07) is 8.18. The van der Waals surface area contributed by atoms with E-state index in [2.05, 4.69) is 9.88 Å². The zero-order valence-electron chi connectivity index (χ0n) is 20.3. The first-order valence-electron chi connectivity index (χ1n) is 11.7. The van der Waals surface area contributed by atoms with Crippen LogP contribution in [0.5, 0.6) is 0 Å². The smallest absolute Gasteiger partial charge is 0.257 e. The molecule has 184 valence electrons. The van der Waals surface area contributed by atoms with Gasteiger partial charge in [-0.1, -0.05) is 11.6 Å². The molecule has 0 N–H and O–H groups in total. The quantitative estimate of drug-likeness (QED) is 0.365. The molecule has 1 amide bonds. The third kappa shape index (κ3) is 4.56. The lowest BCUT2D eigenvalue weighted by Crippen LogP contribution is -2.49. The number of pyridine rings is 1. The molecule has 7 nitrogen and oxygen atoms in total. The summed E-state index contributed by atoms with van der Waals surface area (Å²) in [6.07, 6.45) is 4.94. The molecule has 0 unspecified atom stereocenters. The maximum absolute atomic E-state index is 13.8. The molecule has 1 aliphatic heterocycles. The SMILES string of the molecule is Cc1cc(C(=O)N2CCN(c3cnc(-c4ccc(F)cc4C)c(-c4ccncc4Cl)n3)CC2)c(C)o1. The van der Waals surface area contributed by atoms with E-state index in [-0.39, 0.29) is 11.7 Å². The van der Waals surface area contributed by atoms with Crippen molar-refractivity contribution >= 4 is 23.3 Å². The molecule has 4 aromatic rings. The average molecular weight is 506 g/mol. The van der Waals surface area contributed by atoms with Gasteiger partial charge >= 0.3 is 0 Å². The Morgan fingerprint density at radius 1 is 1.00 bits per heavy atom. The lowest BCUT2D eigenvalue weighted by atomic mass is 10.0. The summed E-state index contributed by atoms with van der Waals surface area (Å²) in [4.78, 5) is 30.7. The summed E-state index contributed by atoms with van der Waals surface area (Å²) in [5.74, 6) is 1.71. The Morgan fingerprint density at radius 3 is 2.44 bits per heavy atom.